The summed E-state index contributed by atoms with van der Waals surface area (Å²) in [5.74, 6) is 2.23. The van der Waals surface area contributed by atoms with E-state index in [1.54, 1.807) is 0 Å². The number of nitrogens with two attached hydrogens (primary N) is 1. The third kappa shape index (κ3) is 4.50. The average Bonchev–Trinajstić information content (AvgIpc) is 2.51. The number of ether oxygens (including phenoxy) is 2. The van der Waals surface area contributed by atoms with Crippen molar-refractivity contribution in [2.45, 2.75) is 33.2 Å². The fourth-order valence-corrected chi connectivity index (χ4v) is 2.32. The van der Waals surface area contributed by atoms with Crippen LogP contribution in [0.3, 0.4) is 0 Å². The second-order valence-electron chi connectivity index (χ2n) is 5.74. The minimum Gasteiger partial charge on any atom is -0.490 e. The van der Waals surface area contributed by atoms with Crippen LogP contribution in [0.1, 0.15) is 36.5 Å². The van der Waals surface area contributed by atoms with Crippen LogP contribution in [0.4, 0.5) is 0 Å². The molecule has 2 rings (SSSR count). The summed E-state index contributed by atoms with van der Waals surface area (Å²) in [5, 5.41) is 0. The van der Waals surface area contributed by atoms with Crippen molar-refractivity contribution in [3.63, 3.8) is 0 Å². The fourth-order valence-electron chi connectivity index (χ4n) is 2.32. The molecule has 0 bridgehead atoms. The number of aryl methyl sites for hydroxylation is 1. The molecule has 0 radical (unpaired) electrons. The Kier molecular flexibility index (Phi) is 5.84. The van der Waals surface area contributed by atoms with E-state index in [0.717, 1.165) is 17.1 Å². The van der Waals surface area contributed by atoms with Crippen LogP contribution in [0.5, 0.6) is 11.5 Å². The van der Waals surface area contributed by atoms with Gasteiger partial charge in [-0.1, -0.05) is 38.1 Å². The predicted octanol–water partition coefficient (Wildman–Crippen LogP) is 4.03. The van der Waals surface area contributed by atoms with Gasteiger partial charge in [-0.3, -0.25) is 0 Å². The van der Waals surface area contributed by atoms with Gasteiger partial charge < -0.3 is 15.2 Å². The van der Waals surface area contributed by atoms with Gasteiger partial charge in [0.05, 0.1) is 0 Å². The van der Waals surface area contributed by atoms with Crippen molar-refractivity contribution < 1.29 is 9.47 Å². The first-order valence-electron chi connectivity index (χ1n) is 7.75. The van der Waals surface area contributed by atoms with Gasteiger partial charge in [0.1, 0.15) is 24.7 Å². The van der Waals surface area contributed by atoms with Gasteiger partial charge in [-0.15, -0.1) is 0 Å². The van der Waals surface area contributed by atoms with Crippen LogP contribution in [0.15, 0.2) is 42.5 Å². The predicted molar refractivity (Wildman–Crippen MR) is 90.6 cm³/mol. The summed E-state index contributed by atoms with van der Waals surface area (Å²) in [7, 11) is 0. The smallest absolute Gasteiger partial charge is 0.123 e. The van der Waals surface area contributed by atoms with E-state index in [1.807, 2.05) is 24.3 Å². The zero-order chi connectivity index (χ0) is 15.9. The van der Waals surface area contributed by atoms with E-state index in [-0.39, 0.29) is 0 Å². The van der Waals surface area contributed by atoms with Crippen molar-refractivity contribution in [3.8, 4) is 11.5 Å². The molecule has 0 aliphatic carbocycles. The maximum Gasteiger partial charge on any atom is 0.123 e. The normalized spacial score (nSPS) is 10.8. The fraction of sp³-hybridized carbons (Fsp3) is 0.368. The van der Waals surface area contributed by atoms with Crippen molar-refractivity contribution in [1.82, 2.24) is 0 Å². The van der Waals surface area contributed by atoms with Crippen molar-refractivity contribution in [2.24, 2.45) is 5.73 Å². The zero-order valence-corrected chi connectivity index (χ0v) is 13.6. The highest BCUT2D eigenvalue weighted by Crippen LogP contribution is 2.27. The molecule has 118 valence electrons. The van der Waals surface area contributed by atoms with Gasteiger partial charge in [-0.05, 0) is 47.7 Å². The summed E-state index contributed by atoms with van der Waals surface area (Å²) >= 11 is 0. The molecule has 2 aromatic rings. The highest BCUT2D eigenvalue weighted by Gasteiger charge is 2.08. The lowest BCUT2D eigenvalue weighted by Gasteiger charge is -2.15. The molecule has 3 heteroatoms. The van der Waals surface area contributed by atoms with Crippen LogP contribution >= 0.6 is 0 Å². The SMILES string of the molecule is Cc1ccc(C(C)C)c(OCCOc2cccc(CN)c2)c1. The van der Waals surface area contributed by atoms with E-state index in [0.29, 0.717) is 25.7 Å². The molecule has 0 unspecified atom stereocenters. The quantitative estimate of drug-likeness (QED) is 0.785. The summed E-state index contributed by atoms with van der Waals surface area (Å²) in [4.78, 5) is 0. The summed E-state index contributed by atoms with van der Waals surface area (Å²) in [6, 6.07) is 14.2. The minimum atomic E-state index is 0.442. The maximum atomic E-state index is 5.91. The van der Waals surface area contributed by atoms with E-state index in [4.69, 9.17) is 15.2 Å². The molecule has 2 aromatic carbocycles. The van der Waals surface area contributed by atoms with Crippen molar-refractivity contribution in [1.29, 1.82) is 0 Å². The lowest BCUT2D eigenvalue weighted by molar-refractivity contribution is 0.215. The second kappa shape index (κ2) is 7.85. The van der Waals surface area contributed by atoms with Crippen LogP contribution in [0.2, 0.25) is 0 Å². The molecule has 0 aliphatic rings. The van der Waals surface area contributed by atoms with E-state index in [9.17, 15) is 0 Å². The Morgan fingerprint density at radius 3 is 2.50 bits per heavy atom. The minimum absolute atomic E-state index is 0.442. The number of rotatable bonds is 7. The zero-order valence-electron chi connectivity index (χ0n) is 13.6. The van der Waals surface area contributed by atoms with Crippen LogP contribution in [0.25, 0.3) is 0 Å². The average molecular weight is 299 g/mol. The molecular weight excluding hydrogens is 274 g/mol. The third-order valence-electron chi connectivity index (χ3n) is 3.53. The van der Waals surface area contributed by atoms with Gasteiger partial charge in [0, 0.05) is 6.54 Å². The lowest BCUT2D eigenvalue weighted by atomic mass is 10.0. The largest absolute Gasteiger partial charge is 0.490 e. The number of benzene rings is 2. The number of hydrogen-bond acceptors (Lipinski definition) is 3. The Hall–Kier alpha value is -2.00. The van der Waals surface area contributed by atoms with Gasteiger partial charge in [0.15, 0.2) is 0 Å². The van der Waals surface area contributed by atoms with Crippen molar-refractivity contribution in [2.75, 3.05) is 13.2 Å². The van der Waals surface area contributed by atoms with Gasteiger partial charge in [-0.2, -0.15) is 0 Å². The Morgan fingerprint density at radius 1 is 1.00 bits per heavy atom. The van der Waals surface area contributed by atoms with E-state index >= 15 is 0 Å². The van der Waals surface area contributed by atoms with Crippen LogP contribution in [-0.2, 0) is 6.54 Å². The molecule has 0 spiro atoms. The third-order valence-corrected chi connectivity index (χ3v) is 3.53. The van der Waals surface area contributed by atoms with Crippen LogP contribution in [0, 0.1) is 6.92 Å². The van der Waals surface area contributed by atoms with Gasteiger partial charge >= 0.3 is 0 Å². The summed E-state index contributed by atoms with van der Waals surface area (Å²) in [6.45, 7) is 7.98. The van der Waals surface area contributed by atoms with Gasteiger partial charge in [0.25, 0.3) is 0 Å². The molecule has 22 heavy (non-hydrogen) atoms. The number of hydrogen-bond donors (Lipinski definition) is 1. The summed E-state index contributed by atoms with van der Waals surface area (Å²) in [5.41, 5.74) is 9.13. The molecule has 0 heterocycles. The Bertz CT molecular complexity index is 608. The monoisotopic (exact) mass is 299 g/mol. The Labute approximate surface area is 133 Å². The molecule has 0 fully saturated rings. The molecular formula is C19H25NO2. The molecule has 3 nitrogen and oxygen atoms in total. The van der Waals surface area contributed by atoms with Crippen molar-refractivity contribution in [3.05, 3.63) is 59.2 Å². The van der Waals surface area contributed by atoms with Crippen LogP contribution < -0.4 is 15.2 Å². The molecule has 0 saturated carbocycles. The van der Waals surface area contributed by atoms with E-state index in [1.165, 1.54) is 11.1 Å². The van der Waals surface area contributed by atoms with Gasteiger partial charge in [0.2, 0.25) is 0 Å². The second-order valence-corrected chi connectivity index (χ2v) is 5.74. The summed E-state index contributed by atoms with van der Waals surface area (Å²) < 4.78 is 11.6. The molecule has 0 aliphatic heterocycles. The van der Waals surface area contributed by atoms with Crippen molar-refractivity contribution >= 4 is 0 Å². The topological polar surface area (TPSA) is 44.5 Å². The highest BCUT2D eigenvalue weighted by atomic mass is 16.5. The van der Waals surface area contributed by atoms with E-state index in [2.05, 4.69) is 39.0 Å². The molecule has 0 atom stereocenters. The standard InChI is InChI=1S/C19H25NO2/c1-14(2)18-8-7-15(3)11-19(18)22-10-9-21-17-6-4-5-16(12-17)13-20/h4-8,11-12,14H,9-10,13,20H2,1-3H3. The first kappa shape index (κ1) is 16.4. The lowest BCUT2D eigenvalue weighted by Crippen LogP contribution is -2.10. The summed E-state index contributed by atoms with van der Waals surface area (Å²) in [6.07, 6.45) is 0. The molecule has 0 aromatic heterocycles. The van der Waals surface area contributed by atoms with Gasteiger partial charge in [-0.25, -0.2) is 0 Å². The molecule has 0 amide bonds. The Morgan fingerprint density at radius 2 is 1.77 bits per heavy atom. The maximum absolute atomic E-state index is 5.91. The highest BCUT2D eigenvalue weighted by molar-refractivity contribution is 5.39. The first-order chi connectivity index (χ1) is 10.6. The van der Waals surface area contributed by atoms with Crippen LogP contribution in [-0.4, -0.2) is 13.2 Å². The Balaban J connectivity index is 1.90. The first-order valence-corrected chi connectivity index (χ1v) is 7.75. The molecule has 2 N–H and O–H groups in total. The van der Waals surface area contributed by atoms with E-state index < -0.39 is 0 Å². The molecule has 0 saturated heterocycles.